The molecule has 4 heteroatoms. The lowest BCUT2D eigenvalue weighted by atomic mass is 9.98. The number of aryl methyl sites for hydroxylation is 2. The highest BCUT2D eigenvalue weighted by Crippen LogP contribution is 2.28. The third kappa shape index (κ3) is 2.66. The number of nitrogens with zero attached hydrogens (tertiary/aromatic N) is 1. The van der Waals surface area contributed by atoms with E-state index in [1.165, 1.54) is 0 Å². The summed E-state index contributed by atoms with van der Waals surface area (Å²) in [6.07, 6.45) is 0. The van der Waals surface area contributed by atoms with Crippen molar-refractivity contribution >= 4 is 23.2 Å². The standard InChI is InChI=1S/C14H14Cl2N2/c1-8-3-5-11(9(2)18-8)14(17)10-4-6-12(15)13(16)7-10/h3-7,14H,17H2,1-2H3. The molecule has 0 saturated heterocycles. The summed E-state index contributed by atoms with van der Waals surface area (Å²) in [6.45, 7) is 3.92. The van der Waals surface area contributed by atoms with Crippen molar-refractivity contribution in [3.05, 3.63) is 62.9 Å². The van der Waals surface area contributed by atoms with Gasteiger partial charge in [-0.05, 0) is 43.2 Å². The van der Waals surface area contributed by atoms with Crippen LogP contribution in [0.1, 0.15) is 28.6 Å². The topological polar surface area (TPSA) is 38.9 Å². The zero-order valence-electron chi connectivity index (χ0n) is 10.2. The Kier molecular flexibility index (Phi) is 3.91. The minimum atomic E-state index is -0.243. The molecule has 0 bridgehead atoms. The molecule has 18 heavy (non-hydrogen) atoms. The van der Waals surface area contributed by atoms with Crippen molar-refractivity contribution in [2.45, 2.75) is 19.9 Å². The molecular weight excluding hydrogens is 267 g/mol. The second kappa shape index (κ2) is 5.27. The van der Waals surface area contributed by atoms with Gasteiger partial charge in [-0.1, -0.05) is 35.3 Å². The lowest BCUT2D eigenvalue weighted by Gasteiger charge is -2.15. The molecule has 0 aliphatic heterocycles. The van der Waals surface area contributed by atoms with E-state index in [2.05, 4.69) is 4.98 Å². The van der Waals surface area contributed by atoms with Crippen LogP contribution in [0, 0.1) is 13.8 Å². The first-order valence-electron chi connectivity index (χ1n) is 5.63. The van der Waals surface area contributed by atoms with Crippen molar-refractivity contribution in [2.24, 2.45) is 5.73 Å². The van der Waals surface area contributed by atoms with Gasteiger partial charge < -0.3 is 5.73 Å². The molecule has 2 nitrogen and oxygen atoms in total. The smallest absolute Gasteiger partial charge is 0.0595 e. The number of rotatable bonds is 2. The summed E-state index contributed by atoms with van der Waals surface area (Å²) in [5.41, 5.74) is 10.1. The Labute approximate surface area is 117 Å². The van der Waals surface area contributed by atoms with Crippen LogP contribution in [0.3, 0.4) is 0 Å². The van der Waals surface area contributed by atoms with Gasteiger partial charge in [0, 0.05) is 11.4 Å². The normalized spacial score (nSPS) is 12.5. The summed E-state index contributed by atoms with van der Waals surface area (Å²) in [5, 5.41) is 1.05. The molecule has 1 aromatic heterocycles. The van der Waals surface area contributed by atoms with Gasteiger partial charge in [-0.15, -0.1) is 0 Å². The number of aromatic nitrogens is 1. The van der Waals surface area contributed by atoms with Gasteiger partial charge in [0.05, 0.1) is 16.1 Å². The van der Waals surface area contributed by atoms with Gasteiger partial charge in [-0.25, -0.2) is 0 Å². The maximum atomic E-state index is 6.24. The summed E-state index contributed by atoms with van der Waals surface area (Å²) in [4.78, 5) is 4.42. The third-order valence-corrected chi connectivity index (χ3v) is 3.64. The Morgan fingerprint density at radius 3 is 2.39 bits per heavy atom. The Morgan fingerprint density at radius 1 is 1.06 bits per heavy atom. The Balaban J connectivity index is 2.41. The number of pyridine rings is 1. The van der Waals surface area contributed by atoms with Crippen LogP contribution >= 0.6 is 23.2 Å². The van der Waals surface area contributed by atoms with E-state index in [4.69, 9.17) is 28.9 Å². The molecule has 1 heterocycles. The van der Waals surface area contributed by atoms with Gasteiger partial charge in [-0.2, -0.15) is 0 Å². The van der Waals surface area contributed by atoms with Crippen LogP contribution in [0.5, 0.6) is 0 Å². The second-order valence-electron chi connectivity index (χ2n) is 4.28. The van der Waals surface area contributed by atoms with Crippen LogP contribution in [0.25, 0.3) is 0 Å². The van der Waals surface area contributed by atoms with Gasteiger partial charge in [0.2, 0.25) is 0 Å². The van der Waals surface area contributed by atoms with Gasteiger partial charge in [0.15, 0.2) is 0 Å². The van der Waals surface area contributed by atoms with Crippen molar-refractivity contribution in [3.8, 4) is 0 Å². The molecule has 0 spiro atoms. The van der Waals surface area contributed by atoms with E-state index in [0.717, 1.165) is 22.5 Å². The molecule has 0 aliphatic rings. The summed E-state index contributed by atoms with van der Waals surface area (Å²) >= 11 is 11.9. The van der Waals surface area contributed by atoms with Crippen LogP contribution in [0.4, 0.5) is 0 Å². The molecule has 2 N–H and O–H groups in total. The highest BCUT2D eigenvalue weighted by molar-refractivity contribution is 6.42. The largest absolute Gasteiger partial charge is 0.320 e. The van der Waals surface area contributed by atoms with Crippen molar-refractivity contribution in [1.29, 1.82) is 0 Å². The molecule has 0 aliphatic carbocycles. The summed E-state index contributed by atoms with van der Waals surface area (Å²) in [5.74, 6) is 0. The highest BCUT2D eigenvalue weighted by atomic mass is 35.5. The molecule has 0 saturated carbocycles. The third-order valence-electron chi connectivity index (χ3n) is 2.90. The van der Waals surface area contributed by atoms with Gasteiger partial charge in [0.25, 0.3) is 0 Å². The number of hydrogen-bond acceptors (Lipinski definition) is 2. The van der Waals surface area contributed by atoms with Crippen molar-refractivity contribution in [1.82, 2.24) is 4.98 Å². The molecule has 1 aromatic carbocycles. The zero-order valence-corrected chi connectivity index (χ0v) is 11.8. The summed E-state index contributed by atoms with van der Waals surface area (Å²) in [7, 11) is 0. The Bertz CT molecular complexity index is 582. The average Bonchev–Trinajstić information content (AvgIpc) is 2.32. The number of nitrogens with two attached hydrogens (primary N) is 1. The molecular formula is C14H14Cl2N2. The number of hydrogen-bond donors (Lipinski definition) is 1. The van der Waals surface area contributed by atoms with Crippen molar-refractivity contribution < 1.29 is 0 Å². The minimum Gasteiger partial charge on any atom is -0.320 e. The van der Waals surface area contributed by atoms with Gasteiger partial charge in [-0.3, -0.25) is 4.98 Å². The van der Waals surface area contributed by atoms with Crippen LogP contribution in [0.2, 0.25) is 10.0 Å². The van der Waals surface area contributed by atoms with Crippen LogP contribution < -0.4 is 5.73 Å². The quantitative estimate of drug-likeness (QED) is 0.901. The maximum absolute atomic E-state index is 6.24. The van der Waals surface area contributed by atoms with E-state index < -0.39 is 0 Å². The van der Waals surface area contributed by atoms with Gasteiger partial charge >= 0.3 is 0 Å². The Morgan fingerprint density at radius 2 is 1.78 bits per heavy atom. The molecule has 0 fully saturated rings. The van der Waals surface area contributed by atoms with E-state index in [0.29, 0.717) is 10.0 Å². The summed E-state index contributed by atoms with van der Waals surface area (Å²) < 4.78 is 0. The van der Waals surface area contributed by atoms with Crippen LogP contribution in [-0.2, 0) is 0 Å². The summed E-state index contributed by atoms with van der Waals surface area (Å²) in [6, 6.07) is 9.17. The number of benzene rings is 1. The molecule has 1 atom stereocenters. The van der Waals surface area contributed by atoms with E-state index in [1.54, 1.807) is 12.1 Å². The fraction of sp³-hybridized carbons (Fsp3) is 0.214. The van der Waals surface area contributed by atoms with Crippen molar-refractivity contribution in [2.75, 3.05) is 0 Å². The SMILES string of the molecule is Cc1ccc(C(N)c2ccc(Cl)c(Cl)c2)c(C)n1. The van der Waals surface area contributed by atoms with Crippen LogP contribution in [-0.4, -0.2) is 4.98 Å². The zero-order chi connectivity index (χ0) is 13.3. The fourth-order valence-electron chi connectivity index (χ4n) is 1.91. The maximum Gasteiger partial charge on any atom is 0.0595 e. The second-order valence-corrected chi connectivity index (χ2v) is 5.09. The molecule has 2 rings (SSSR count). The van der Waals surface area contributed by atoms with E-state index in [9.17, 15) is 0 Å². The van der Waals surface area contributed by atoms with Gasteiger partial charge in [0.1, 0.15) is 0 Å². The highest BCUT2D eigenvalue weighted by Gasteiger charge is 2.13. The van der Waals surface area contributed by atoms with Crippen molar-refractivity contribution in [3.63, 3.8) is 0 Å². The monoisotopic (exact) mass is 280 g/mol. The van der Waals surface area contributed by atoms with E-state index in [1.807, 2.05) is 32.0 Å². The first-order valence-corrected chi connectivity index (χ1v) is 6.39. The predicted molar refractivity (Wildman–Crippen MR) is 76.2 cm³/mol. The first-order chi connectivity index (χ1) is 8.49. The average molecular weight is 281 g/mol. The lowest BCUT2D eigenvalue weighted by molar-refractivity contribution is 0.844. The Hall–Kier alpha value is -1.09. The first kappa shape index (κ1) is 13.3. The van der Waals surface area contributed by atoms with Crippen LogP contribution in [0.15, 0.2) is 30.3 Å². The van der Waals surface area contributed by atoms with E-state index >= 15 is 0 Å². The molecule has 1 unspecified atom stereocenters. The molecule has 94 valence electrons. The fourth-order valence-corrected chi connectivity index (χ4v) is 2.22. The molecule has 0 radical (unpaired) electrons. The van der Waals surface area contributed by atoms with E-state index in [-0.39, 0.29) is 6.04 Å². The molecule has 2 aromatic rings. The predicted octanol–water partition coefficient (Wildman–Crippen LogP) is 4.05. The molecule has 0 amide bonds. The minimum absolute atomic E-state index is 0.243. The number of halogens is 2. The lowest BCUT2D eigenvalue weighted by Crippen LogP contribution is -2.14.